The molecule has 0 saturated carbocycles. The summed E-state index contributed by atoms with van der Waals surface area (Å²) in [4.78, 5) is 64.3. The lowest BCUT2D eigenvalue weighted by molar-refractivity contribution is -0.152. The van der Waals surface area contributed by atoms with Gasteiger partial charge in [0.15, 0.2) is 0 Å². The Morgan fingerprint density at radius 3 is 1.72 bits per heavy atom. The standard InChI is InChI=1S/C21H25N5O3S.C18H23N5S.C4H4O3/c1-13-9-15-20(23-16-5-3-4-6-17(16)24-21(15)30-13)26-8-7-25(2)14(12-26)11-22-18(27)10-19(28)29;1-12-9-14-17(23-8-7-22(2)13(10-19)11-23)20-15-5-3-4-6-16(15)21-18(14)24-12;5-3-1-2-4(6)7-3/h3-6,9,14,24H,7-8,10-12H2,1-2H3,(H,22,27)(H,28,29);3-6,9,13,21H,7-8,10-11,19H2,1-2H3;1-2H2. The first kappa shape index (κ1) is 43.4. The highest BCUT2D eigenvalue weighted by Crippen LogP contribution is 2.41. The van der Waals surface area contributed by atoms with Gasteiger partial charge in [0.2, 0.25) is 5.91 Å². The number of nitrogens with two attached hydrogens (primary N) is 1. The van der Waals surface area contributed by atoms with Crippen molar-refractivity contribution in [1.82, 2.24) is 24.9 Å². The number of aliphatic imine (C=N–C) groups is 2. The number of para-hydroxylation sites is 4. The molecule has 5 aliphatic rings. The van der Waals surface area contributed by atoms with Crippen LogP contribution in [-0.2, 0) is 23.9 Å². The number of benzene rings is 2. The van der Waals surface area contributed by atoms with E-state index in [1.165, 1.54) is 20.3 Å². The zero-order valence-electron chi connectivity index (χ0n) is 34.8. The minimum Gasteiger partial charge on any atom is -0.481 e. The number of nitrogens with zero attached hydrogens (tertiary/aromatic N) is 6. The number of nitrogens with one attached hydrogen (secondary N) is 3. The van der Waals surface area contributed by atoms with E-state index in [0.717, 1.165) is 77.7 Å². The largest absolute Gasteiger partial charge is 0.481 e. The molecule has 0 spiro atoms. The Balaban J connectivity index is 0.000000161. The highest BCUT2D eigenvalue weighted by atomic mass is 32.1. The molecule has 2 aromatic heterocycles. The number of anilines is 4. The van der Waals surface area contributed by atoms with E-state index in [2.05, 4.69) is 85.4 Å². The first-order chi connectivity index (χ1) is 29.3. The summed E-state index contributed by atoms with van der Waals surface area (Å²) in [7, 11) is 4.18. The lowest BCUT2D eigenvalue weighted by atomic mass is 10.1. The van der Waals surface area contributed by atoms with Gasteiger partial charge in [-0.2, -0.15) is 0 Å². The van der Waals surface area contributed by atoms with E-state index >= 15 is 0 Å². The Bertz CT molecular complexity index is 2330. The van der Waals surface area contributed by atoms with Crippen LogP contribution in [0.25, 0.3) is 0 Å². The van der Waals surface area contributed by atoms with Gasteiger partial charge in [-0.1, -0.05) is 24.3 Å². The maximum absolute atomic E-state index is 11.8. The molecule has 7 heterocycles. The number of aliphatic carboxylic acids is 1. The third kappa shape index (κ3) is 10.6. The second kappa shape index (κ2) is 19.4. The molecule has 61 heavy (non-hydrogen) atoms. The maximum Gasteiger partial charge on any atom is 0.314 e. The summed E-state index contributed by atoms with van der Waals surface area (Å²) in [6, 6.07) is 21.1. The number of carbonyl (C=O) groups is 4. The Kier molecular flexibility index (Phi) is 13.8. The van der Waals surface area contributed by atoms with Crippen molar-refractivity contribution in [3.63, 3.8) is 0 Å². The molecule has 3 saturated heterocycles. The predicted molar refractivity (Wildman–Crippen MR) is 241 cm³/mol. The summed E-state index contributed by atoms with van der Waals surface area (Å²) in [5.74, 6) is -0.380. The zero-order valence-corrected chi connectivity index (χ0v) is 36.4. The molecule has 2 unspecified atom stereocenters. The molecule has 5 aliphatic heterocycles. The van der Waals surface area contributed by atoms with Gasteiger partial charge in [0.25, 0.3) is 0 Å². The zero-order chi connectivity index (χ0) is 43.2. The van der Waals surface area contributed by atoms with Crippen molar-refractivity contribution in [2.24, 2.45) is 15.7 Å². The number of carbonyl (C=O) groups excluding carboxylic acids is 3. The Morgan fingerprint density at radius 2 is 1.26 bits per heavy atom. The van der Waals surface area contributed by atoms with Gasteiger partial charge in [-0.05, 0) is 64.3 Å². The number of carboxylic acids is 1. The van der Waals surface area contributed by atoms with Crippen molar-refractivity contribution in [2.75, 3.05) is 77.1 Å². The van der Waals surface area contributed by atoms with Gasteiger partial charge in [-0.3, -0.25) is 29.0 Å². The number of amides is 1. The second-order valence-corrected chi connectivity index (χ2v) is 18.0. The number of carboxylic acid groups (broad SMARTS) is 1. The summed E-state index contributed by atoms with van der Waals surface area (Å²) >= 11 is 3.50. The number of amidine groups is 2. The molecule has 2 aromatic carbocycles. The molecule has 16 nitrogen and oxygen atoms in total. The van der Waals surface area contributed by atoms with Gasteiger partial charge in [0, 0.05) is 74.2 Å². The molecule has 0 bridgehead atoms. The van der Waals surface area contributed by atoms with Gasteiger partial charge in [-0.25, -0.2) is 9.98 Å². The van der Waals surface area contributed by atoms with Crippen LogP contribution in [0.3, 0.4) is 0 Å². The fourth-order valence-corrected chi connectivity index (χ4v) is 9.43. The SMILES string of the molecule is Cc1cc2c(s1)Nc1ccccc1N=C2N1CCN(C)C(CN)C1.Cc1cc2c(s1)Nc1ccccc1N=C2N1CCN(C)C(CNC(=O)CC(=O)O)C1.O=C1CCC(=O)O1. The number of piperazine rings is 2. The molecule has 1 amide bonds. The quantitative estimate of drug-likeness (QED) is 0.133. The topological polar surface area (TPSA) is 198 Å². The monoisotopic (exact) mass is 868 g/mol. The number of hydrogen-bond donors (Lipinski definition) is 5. The average Bonchev–Trinajstić information content (AvgIpc) is 3.86. The number of likely N-dealkylation sites (N-methyl/N-ethyl adjacent to an activating group) is 2. The lowest BCUT2D eigenvalue weighted by Crippen LogP contribution is -2.57. The molecule has 0 radical (unpaired) electrons. The van der Waals surface area contributed by atoms with Crippen molar-refractivity contribution in [2.45, 2.75) is 45.2 Å². The normalized spacial score (nSPS) is 19.6. The maximum atomic E-state index is 11.8. The third-order valence-electron chi connectivity index (χ3n) is 11.0. The molecule has 0 aliphatic carbocycles. The van der Waals surface area contributed by atoms with E-state index in [-0.39, 0.29) is 18.9 Å². The molecule has 322 valence electrons. The highest BCUT2D eigenvalue weighted by molar-refractivity contribution is 7.17. The van der Waals surface area contributed by atoms with Crippen molar-refractivity contribution in [3.8, 4) is 0 Å². The number of thiophene rings is 2. The van der Waals surface area contributed by atoms with Crippen LogP contribution in [0.15, 0.2) is 70.6 Å². The van der Waals surface area contributed by atoms with E-state index in [1.54, 1.807) is 22.7 Å². The van der Waals surface area contributed by atoms with Crippen LogP contribution in [0.1, 0.15) is 40.1 Å². The van der Waals surface area contributed by atoms with Crippen LogP contribution in [0.2, 0.25) is 0 Å². The molecule has 3 fully saturated rings. The third-order valence-corrected chi connectivity index (χ3v) is 12.9. The average molecular weight is 869 g/mol. The van der Waals surface area contributed by atoms with Gasteiger partial charge in [-0.15, -0.1) is 22.7 Å². The van der Waals surface area contributed by atoms with Gasteiger partial charge in [0.1, 0.15) is 28.1 Å². The predicted octanol–water partition coefficient (Wildman–Crippen LogP) is 5.02. The van der Waals surface area contributed by atoms with Gasteiger partial charge >= 0.3 is 17.9 Å². The first-order valence-electron chi connectivity index (χ1n) is 20.3. The number of rotatable bonds is 5. The number of ether oxygens (including phenoxy) is 1. The van der Waals surface area contributed by atoms with Crippen molar-refractivity contribution >= 4 is 90.9 Å². The van der Waals surface area contributed by atoms with Crippen LogP contribution in [0.5, 0.6) is 0 Å². The first-order valence-corrected chi connectivity index (χ1v) is 21.9. The van der Waals surface area contributed by atoms with E-state index in [4.69, 9.17) is 20.8 Å². The molecule has 18 heteroatoms. The number of esters is 2. The van der Waals surface area contributed by atoms with Crippen molar-refractivity contribution in [1.29, 1.82) is 0 Å². The summed E-state index contributed by atoms with van der Waals surface area (Å²) in [6.07, 6.45) is 0.0184. The molecular formula is C43H52N10O6S2. The highest BCUT2D eigenvalue weighted by Gasteiger charge is 2.32. The smallest absolute Gasteiger partial charge is 0.314 e. The van der Waals surface area contributed by atoms with Crippen molar-refractivity contribution in [3.05, 3.63) is 81.5 Å². The molecule has 6 N–H and O–H groups in total. The minimum absolute atomic E-state index is 0.0637. The number of cyclic esters (lactones) is 2. The van der Waals surface area contributed by atoms with Crippen LogP contribution in [0, 0.1) is 13.8 Å². The number of hydrogen-bond acceptors (Lipinski definition) is 16. The fourth-order valence-electron chi connectivity index (χ4n) is 7.59. The van der Waals surface area contributed by atoms with Crippen LogP contribution < -0.4 is 21.7 Å². The van der Waals surface area contributed by atoms with E-state index < -0.39 is 30.2 Å². The molecule has 4 aromatic rings. The lowest BCUT2D eigenvalue weighted by Gasteiger charge is -2.40. The van der Waals surface area contributed by atoms with E-state index in [9.17, 15) is 19.2 Å². The molecule has 9 rings (SSSR count). The Morgan fingerprint density at radius 1 is 0.787 bits per heavy atom. The number of fused-ring (bicyclic) bond motifs is 4. The van der Waals surface area contributed by atoms with Gasteiger partial charge < -0.3 is 41.3 Å². The molecular weight excluding hydrogens is 817 g/mol. The fraction of sp³-hybridized carbons (Fsp3) is 0.395. The van der Waals surface area contributed by atoms with Crippen LogP contribution in [0.4, 0.5) is 32.8 Å². The number of aryl methyl sites for hydroxylation is 2. The van der Waals surface area contributed by atoms with E-state index in [0.29, 0.717) is 25.7 Å². The summed E-state index contributed by atoms with van der Waals surface area (Å²) in [5.41, 5.74) is 12.2. The van der Waals surface area contributed by atoms with Crippen molar-refractivity contribution < 1.29 is 29.0 Å². The van der Waals surface area contributed by atoms with Crippen LogP contribution >= 0.6 is 22.7 Å². The molecule has 2 atom stereocenters. The Hall–Kier alpha value is -5.66. The van der Waals surface area contributed by atoms with Crippen LogP contribution in [-0.4, -0.2) is 139 Å². The summed E-state index contributed by atoms with van der Waals surface area (Å²) < 4.78 is 4.08. The minimum atomic E-state index is -1.12. The van der Waals surface area contributed by atoms with E-state index in [1.807, 2.05) is 43.4 Å². The summed E-state index contributed by atoms with van der Waals surface area (Å²) in [6.45, 7) is 10.6. The second-order valence-electron chi connectivity index (χ2n) is 15.5. The van der Waals surface area contributed by atoms with Gasteiger partial charge in [0.05, 0.1) is 46.7 Å². The summed E-state index contributed by atoms with van der Waals surface area (Å²) in [5, 5.41) is 20.9. The Labute approximate surface area is 363 Å².